The number of nitrogens with one attached hydrogen (secondary N) is 1. The van der Waals surface area contributed by atoms with Crippen LogP contribution >= 0.6 is 27.5 Å². The summed E-state index contributed by atoms with van der Waals surface area (Å²) >= 11 is 8.91. The number of rotatable bonds is 4. The van der Waals surface area contributed by atoms with Gasteiger partial charge in [0.15, 0.2) is 0 Å². The van der Waals surface area contributed by atoms with Gasteiger partial charge in [0.25, 0.3) is 0 Å². The summed E-state index contributed by atoms with van der Waals surface area (Å²) < 4.78 is 26.4. The normalized spacial score (nSPS) is 13.8. The second kappa shape index (κ2) is 5.46. The second-order valence-corrected chi connectivity index (χ2v) is 6.26. The van der Waals surface area contributed by atoms with Crippen LogP contribution in [0, 0.1) is 0 Å². The lowest BCUT2D eigenvalue weighted by Gasteiger charge is -2.11. The van der Waals surface area contributed by atoms with Crippen molar-refractivity contribution in [3.63, 3.8) is 0 Å². The van der Waals surface area contributed by atoms with Crippen LogP contribution in [-0.2, 0) is 10.0 Å². The quantitative estimate of drug-likeness (QED) is 0.885. The maximum absolute atomic E-state index is 11.8. The maximum atomic E-state index is 11.8. The van der Waals surface area contributed by atoms with Crippen LogP contribution in [-0.4, -0.2) is 26.2 Å². The van der Waals surface area contributed by atoms with Crippen LogP contribution < -0.4 is 4.72 Å². The van der Waals surface area contributed by atoms with Crippen LogP contribution in [0.1, 0.15) is 6.92 Å². The molecule has 0 unspecified atom stereocenters. The average Bonchev–Trinajstić information content (AvgIpc) is 2.21. The first-order valence-electron chi connectivity index (χ1n) is 4.45. The first-order valence-corrected chi connectivity index (χ1v) is 7.10. The smallest absolute Gasteiger partial charge is 0.240 e. The minimum Gasteiger partial charge on any atom is -0.395 e. The van der Waals surface area contributed by atoms with Gasteiger partial charge in [-0.3, -0.25) is 0 Å². The van der Waals surface area contributed by atoms with E-state index in [4.69, 9.17) is 16.7 Å². The van der Waals surface area contributed by atoms with E-state index in [1.165, 1.54) is 18.2 Å². The monoisotopic (exact) mass is 327 g/mol. The highest BCUT2D eigenvalue weighted by atomic mass is 79.9. The molecule has 0 aliphatic carbocycles. The SMILES string of the molecule is C[C@@H](CO)NS(=O)(=O)c1ccc(Cl)c(Br)c1. The van der Waals surface area contributed by atoms with Crippen LogP contribution in [0.4, 0.5) is 0 Å². The van der Waals surface area contributed by atoms with E-state index in [1.54, 1.807) is 6.92 Å². The topological polar surface area (TPSA) is 66.4 Å². The number of aliphatic hydroxyl groups excluding tert-OH is 1. The Labute approximate surface area is 108 Å². The van der Waals surface area contributed by atoms with Gasteiger partial charge in [0.05, 0.1) is 16.5 Å². The molecule has 0 radical (unpaired) electrons. The van der Waals surface area contributed by atoms with E-state index in [0.717, 1.165) is 0 Å². The molecule has 0 fully saturated rings. The summed E-state index contributed by atoms with van der Waals surface area (Å²) in [5, 5.41) is 9.23. The van der Waals surface area contributed by atoms with Gasteiger partial charge in [-0.25, -0.2) is 13.1 Å². The van der Waals surface area contributed by atoms with E-state index in [-0.39, 0.29) is 11.5 Å². The molecule has 4 nitrogen and oxygen atoms in total. The minimum absolute atomic E-state index is 0.101. The van der Waals surface area contributed by atoms with Crippen LogP contribution in [0.2, 0.25) is 5.02 Å². The first kappa shape index (κ1) is 13.9. The summed E-state index contributed by atoms with van der Waals surface area (Å²) in [7, 11) is -3.61. The standard InChI is InChI=1S/C9H11BrClNO3S/c1-6(5-13)12-16(14,15)7-2-3-9(11)8(10)4-7/h2-4,6,12-13H,5H2,1H3/t6-/m0/s1. The van der Waals surface area contributed by atoms with Crippen molar-refractivity contribution in [1.82, 2.24) is 4.72 Å². The van der Waals surface area contributed by atoms with Crippen molar-refractivity contribution in [3.8, 4) is 0 Å². The Hall–Kier alpha value is -0.140. The lowest BCUT2D eigenvalue weighted by molar-refractivity contribution is 0.265. The zero-order valence-electron chi connectivity index (χ0n) is 8.44. The van der Waals surface area contributed by atoms with Gasteiger partial charge in [-0.05, 0) is 41.1 Å². The third kappa shape index (κ3) is 3.43. The summed E-state index contributed by atoms with van der Waals surface area (Å²) in [6, 6.07) is 3.78. The van der Waals surface area contributed by atoms with Crippen LogP contribution in [0.15, 0.2) is 27.6 Å². The molecule has 7 heteroatoms. The Morgan fingerprint density at radius 1 is 1.56 bits per heavy atom. The molecule has 1 aromatic rings. The molecule has 90 valence electrons. The number of hydrogen-bond donors (Lipinski definition) is 2. The lowest BCUT2D eigenvalue weighted by atomic mass is 10.4. The predicted octanol–water partition coefficient (Wildman–Crippen LogP) is 1.76. The van der Waals surface area contributed by atoms with Crippen LogP contribution in [0.5, 0.6) is 0 Å². The van der Waals surface area contributed by atoms with Gasteiger partial charge in [-0.2, -0.15) is 0 Å². The van der Waals surface area contributed by atoms with Gasteiger partial charge >= 0.3 is 0 Å². The number of benzene rings is 1. The van der Waals surface area contributed by atoms with Crippen molar-refractivity contribution in [3.05, 3.63) is 27.7 Å². The molecular weight excluding hydrogens is 318 g/mol. The summed E-state index contributed by atoms with van der Waals surface area (Å²) in [6.07, 6.45) is 0. The molecule has 0 heterocycles. The molecular formula is C9H11BrClNO3S. The summed E-state index contributed by atoms with van der Waals surface area (Å²) in [5.41, 5.74) is 0. The zero-order valence-corrected chi connectivity index (χ0v) is 11.6. The van der Waals surface area contributed by atoms with Crippen molar-refractivity contribution in [1.29, 1.82) is 0 Å². The molecule has 0 aliphatic heterocycles. The highest BCUT2D eigenvalue weighted by molar-refractivity contribution is 9.10. The minimum atomic E-state index is -3.61. The number of halogens is 2. The first-order chi connectivity index (χ1) is 7.36. The molecule has 2 N–H and O–H groups in total. The second-order valence-electron chi connectivity index (χ2n) is 3.28. The van der Waals surface area contributed by atoms with Crippen LogP contribution in [0.3, 0.4) is 0 Å². The van der Waals surface area contributed by atoms with Crippen molar-refractivity contribution >= 4 is 37.6 Å². The Kier molecular flexibility index (Phi) is 4.75. The third-order valence-corrected chi connectivity index (χ3v) is 4.63. The molecule has 0 bridgehead atoms. The van der Waals surface area contributed by atoms with Crippen molar-refractivity contribution < 1.29 is 13.5 Å². The molecule has 0 saturated heterocycles. The zero-order chi connectivity index (χ0) is 12.3. The Balaban J connectivity index is 3.03. The van der Waals surface area contributed by atoms with E-state index in [9.17, 15) is 8.42 Å². The average molecular weight is 329 g/mol. The Morgan fingerprint density at radius 3 is 2.69 bits per heavy atom. The fourth-order valence-corrected chi connectivity index (χ4v) is 2.92. The fourth-order valence-electron chi connectivity index (χ4n) is 1.01. The molecule has 0 spiro atoms. The van der Waals surface area contributed by atoms with E-state index in [2.05, 4.69) is 20.7 Å². The lowest BCUT2D eigenvalue weighted by Crippen LogP contribution is -2.34. The van der Waals surface area contributed by atoms with Gasteiger partial charge < -0.3 is 5.11 Å². The molecule has 1 aromatic carbocycles. The van der Waals surface area contributed by atoms with Gasteiger partial charge in [0.1, 0.15) is 0 Å². The number of sulfonamides is 1. The molecule has 0 aliphatic rings. The van der Waals surface area contributed by atoms with E-state index < -0.39 is 16.1 Å². The highest BCUT2D eigenvalue weighted by Crippen LogP contribution is 2.25. The maximum Gasteiger partial charge on any atom is 0.240 e. The third-order valence-electron chi connectivity index (χ3n) is 1.83. The van der Waals surface area contributed by atoms with E-state index in [0.29, 0.717) is 9.50 Å². The summed E-state index contributed by atoms with van der Waals surface area (Å²) in [5.74, 6) is 0. The molecule has 0 aromatic heterocycles. The van der Waals surface area contributed by atoms with E-state index in [1.807, 2.05) is 0 Å². The molecule has 1 atom stereocenters. The Morgan fingerprint density at radius 2 is 2.19 bits per heavy atom. The fraction of sp³-hybridized carbons (Fsp3) is 0.333. The molecule has 0 amide bonds. The van der Waals surface area contributed by atoms with Gasteiger partial charge in [0.2, 0.25) is 10.0 Å². The van der Waals surface area contributed by atoms with Gasteiger partial charge in [-0.15, -0.1) is 0 Å². The predicted molar refractivity (Wildman–Crippen MR) is 66.0 cm³/mol. The van der Waals surface area contributed by atoms with Crippen LogP contribution in [0.25, 0.3) is 0 Å². The highest BCUT2D eigenvalue weighted by Gasteiger charge is 2.17. The summed E-state index contributed by atoms with van der Waals surface area (Å²) in [6.45, 7) is 1.32. The van der Waals surface area contributed by atoms with Crippen molar-refractivity contribution in [2.45, 2.75) is 17.9 Å². The largest absolute Gasteiger partial charge is 0.395 e. The number of hydrogen-bond acceptors (Lipinski definition) is 3. The van der Waals surface area contributed by atoms with Gasteiger partial charge in [-0.1, -0.05) is 11.6 Å². The summed E-state index contributed by atoms with van der Waals surface area (Å²) in [4.78, 5) is 0.101. The van der Waals surface area contributed by atoms with Crippen molar-refractivity contribution in [2.75, 3.05) is 6.61 Å². The molecule has 0 saturated carbocycles. The molecule has 1 rings (SSSR count). The van der Waals surface area contributed by atoms with Crippen molar-refractivity contribution in [2.24, 2.45) is 0 Å². The number of aliphatic hydroxyl groups is 1. The van der Waals surface area contributed by atoms with E-state index >= 15 is 0 Å². The Bertz CT molecular complexity index is 478. The van der Waals surface area contributed by atoms with Gasteiger partial charge in [0, 0.05) is 10.5 Å². The molecule has 16 heavy (non-hydrogen) atoms.